The number of nitrogens with one attached hydrogen (secondary N) is 2. The van der Waals surface area contributed by atoms with Crippen molar-refractivity contribution in [2.24, 2.45) is 11.7 Å². The fourth-order valence-corrected chi connectivity index (χ4v) is 1.79. The Bertz CT molecular complexity index is 503. The quantitative estimate of drug-likeness (QED) is 0.738. The summed E-state index contributed by atoms with van der Waals surface area (Å²) in [4.78, 5) is 23.6. The van der Waals surface area contributed by atoms with Gasteiger partial charge >= 0.3 is 0 Å². The fraction of sp³-hybridized carbons (Fsp3) is 0.467. The van der Waals surface area contributed by atoms with Crippen LogP contribution in [0.2, 0.25) is 0 Å². The molecule has 1 aliphatic carbocycles. The molecule has 1 saturated carbocycles. The Morgan fingerprint density at radius 2 is 2.10 bits per heavy atom. The minimum Gasteiger partial charge on any atom is -0.352 e. The third kappa shape index (κ3) is 5.36. The number of carbonyl (C=O) groups is 2. The van der Waals surface area contributed by atoms with Gasteiger partial charge in [0.05, 0.1) is 0 Å². The van der Waals surface area contributed by atoms with E-state index in [0.717, 1.165) is 18.4 Å². The van der Waals surface area contributed by atoms with Crippen LogP contribution in [0.1, 0.15) is 35.7 Å². The molecule has 2 rings (SSSR count). The number of hydrogen-bond donors (Lipinski definition) is 3. The topological polar surface area (TPSA) is 84.2 Å². The Morgan fingerprint density at radius 3 is 2.71 bits per heavy atom. The predicted octanol–water partition coefficient (Wildman–Crippen LogP) is 1.21. The van der Waals surface area contributed by atoms with Gasteiger partial charge in [-0.25, -0.2) is 0 Å². The maximum atomic E-state index is 11.9. The van der Waals surface area contributed by atoms with Crippen molar-refractivity contribution in [3.63, 3.8) is 0 Å². The monoisotopic (exact) mass is 311 g/mol. The van der Waals surface area contributed by atoms with Crippen LogP contribution in [0.4, 0.5) is 0 Å². The number of carbonyl (C=O) groups excluding carboxylic acids is 2. The second-order valence-electron chi connectivity index (χ2n) is 5.30. The summed E-state index contributed by atoms with van der Waals surface area (Å²) in [6.07, 6.45) is 2.14. The molecular weight excluding hydrogens is 290 g/mol. The van der Waals surface area contributed by atoms with Crippen LogP contribution in [0.5, 0.6) is 0 Å². The molecule has 1 aromatic rings. The summed E-state index contributed by atoms with van der Waals surface area (Å²) in [6, 6.07) is 7.66. The van der Waals surface area contributed by atoms with Gasteiger partial charge in [-0.3, -0.25) is 9.59 Å². The Labute approximate surface area is 131 Å². The van der Waals surface area contributed by atoms with Crippen molar-refractivity contribution in [2.75, 3.05) is 6.54 Å². The zero-order valence-corrected chi connectivity index (χ0v) is 12.9. The lowest BCUT2D eigenvalue weighted by molar-refractivity contribution is -0.124. The molecule has 0 radical (unpaired) electrons. The van der Waals surface area contributed by atoms with Crippen molar-refractivity contribution < 1.29 is 9.59 Å². The first-order chi connectivity index (χ1) is 9.60. The highest BCUT2D eigenvalue weighted by atomic mass is 35.5. The molecule has 1 aliphatic rings. The average molecular weight is 312 g/mol. The maximum absolute atomic E-state index is 11.9. The van der Waals surface area contributed by atoms with Crippen LogP contribution in [0.25, 0.3) is 0 Å². The first-order valence-electron chi connectivity index (χ1n) is 6.97. The molecule has 2 amide bonds. The summed E-state index contributed by atoms with van der Waals surface area (Å²) in [5.41, 5.74) is 6.99. The second kappa shape index (κ2) is 8.00. The normalized spacial score (nSPS) is 14.8. The Hall–Kier alpha value is -1.59. The first-order valence-corrected chi connectivity index (χ1v) is 6.97. The summed E-state index contributed by atoms with van der Waals surface area (Å²) in [6.45, 7) is 2.53. The highest BCUT2D eigenvalue weighted by molar-refractivity contribution is 5.94. The van der Waals surface area contributed by atoms with Crippen LogP contribution in [0, 0.1) is 5.92 Å². The molecule has 0 spiro atoms. The van der Waals surface area contributed by atoms with Crippen LogP contribution in [-0.4, -0.2) is 24.4 Å². The molecule has 0 heterocycles. The number of hydrogen-bond acceptors (Lipinski definition) is 3. The van der Waals surface area contributed by atoms with Crippen LogP contribution >= 0.6 is 12.4 Å². The molecule has 0 aromatic heterocycles. The lowest BCUT2D eigenvalue weighted by atomic mass is 10.1. The highest BCUT2D eigenvalue weighted by Crippen LogP contribution is 2.19. The van der Waals surface area contributed by atoms with Crippen molar-refractivity contribution in [1.82, 2.24) is 10.6 Å². The Kier molecular flexibility index (Phi) is 6.65. The van der Waals surface area contributed by atoms with E-state index >= 15 is 0 Å². The van der Waals surface area contributed by atoms with Crippen molar-refractivity contribution >= 4 is 24.2 Å². The number of nitrogens with two attached hydrogens (primary N) is 1. The van der Waals surface area contributed by atoms with Crippen molar-refractivity contribution in [3.05, 3.63) is 35.4 Å². The second-order valence-corrected chi connectivity index (χ2v) is 5.30. The average Bonchev–Trinajstić information content (AvgIpc) is 3.28. The van der Waals surface area contributed by atoms with E-state index in [-0.39, 0.29) is 30.1 Å². The van der Waals surface area contributed by atoms with Gasteiger partial charge in [0.25, 0.3) is 5.91 Å². The molecule has 4 N–H and O–H groups in total. The summed E-state index contributed by atoms with van der Waals surface area (Å²) >= 11 is 0. The van der Waals surface area contributed by atoms with E-state index in [1.54, 1.807) is 13.0 Å². The van der Waals surface area contributed by atoms with E-state index in [1.807, 2.05) is 18.2 Å². The van der Waals surface area contributed by atoms with Gasteiger partial charge in [0.1, 0.15) is 0 Å². The summed E-state index contributed by atoms with van der Waals surface area (Å²) < 4.78 is 0. The summed E-state index contributed by atoms with van der Waals surface area (Å²) in [7, 11) is 0. The molecule has 0 saturated heterocycles. The molecule has 1 atom stereocenters. The maximum Gasteiger partial charge on any atom is 0.251 e. The van der Waals surface area contributed by atoms with Gasteiger partial charge in [-0.05, 0) is 30.5 Å². The Morgan fingerprint density at radius 1 is 1.38 bits per heavy atom. The summed E-state index contributed by atoms with van der Waals surface area (Å²) in [5.74, 6) is -0.312. The van der Waals surface area contributed by atoms with Crippen molar-refractivity contribution in [3.8, 4) is 0 Å². The van der Waals surface area contributed by atoms with Gasteiger partial charge in [0.15, 0.2) is 0 Å². The van der Waals surface area contributed by atoms with Gasteiger partial charge in [0.2, 0.25) is 5.91 Å². The van der Waals surface area contributed by atoms with Gasteiger partial charge < -0.3 is 16.4 Å². The molecule has 21 heavy (non-hydrogen) atoms. The van der Waals surface area contributed by atoms with Crippen LogP contribution in [-0.2, 0) is 11.3 Å². The van der Waals surface area contributed by atoms with Gasteiger partial charge in [-0.15, -0.1) is 12.4 Å². The van der Waals surface area contributed by atoms with Gasteiger partial charge in [-0.2, -0.15) is 0 Å². The lowest BCUT2D eigenvalue weighted by Gasteiger charge is -2.10. The zero-order chi connectivity index (χ0) is 14.5. The van der Waals surface area contributed by atoms with E-state index in [0.29, 0.717) is 24.7 Å². The molecule has 6 heteroatoms. The third-order valence-electron chi connectivity index (χ3n) is 3.37. The van der Waals surface area contributed by atoms with Crippen LogP contribution in [0.15, 0.2) is 24.3 Å². The van der Waals surface area contributed by atoms with Gasteiger partial charge in [0, 0.05) is 30.6 Å². The standard InChI is InChI=1S/C15H21N3O2.ClH/c1-10(8-16)14(19)17-9-11-3-2-4-12(7-11)15(20)18-13-5-6-13;/h2-4,7,10,13H,5-6,8-9,16H2,1H3,(H,17,19)(H,18,20);1H. The van der Waals surface area contributed by atoms with Crippen LogP contribution in [0.3, 0.4) is 0 Å². The van der Waals surface area contributed by atoms with Crippen molar-refractivity contribution in [2.45, 2.75) is 32.4 Å². The molecule has 1 fully saturated rings. The molecule has 5 nitrogen and oxygen atoms in total. The third-order valence-corrected chi connectivity index (χ3v) is 3.37. The largest absolute Gasteiger partial charge is 0.352 e. The van der Waals surface area contributed by atoms with E-state index in [2.05, 4.69) is 10.6 Å². The number of rotatable bonds is 6. The van der Waals surface area contributed by atoms with E-state index in [9.17, 15) is 9.59 Å². The smallest absolute Gasteiger partial charge is 0.251 e. The molecule has 1 aromatic carbocycles. The van der Waals surface area contributed by atoms with Crippen LogP contribution < -0.4 is 16.4 Å². The van der Waals surface area contributed by atoms with Gasteiger partial charge in [-0.1, -0.05) is 19.1 Å². The number of amides is 2. The minimum absolute atomic E-state index is 0. The van der Waals surface area contributed by atoms with E-state index in [4.69, 9.17) is 5.73 Å². The zero-order valence-electron chi connectivity index (χ0n) is 12.1. The summed E-state index contributed by atoms with van der Waals surface area (Å²) in [5, 5.41) is 5.77. The molecule has 1 unspecified atom stereocenters. The minimum atomic E-state index is -0.198. The van der Waals surface area contributed by atoms with Crippen molar-refractivity contribution in [1.29, 1.82) is 0 Å². The molecular formula is C15H22ClN3O2. The Balaban J connectivity index is 0.00000220. The van der Waals surface area contributed by atoms with E-state index < -0.39 is 0 Å². The number of halogens is 1. The molecule has 0 aliphatic heterocycles. The van der Waals surface area contributed by atoms with E-state index in [1.165, 1.54) is 0 Å². The lowest BCUT2D eigenvalue weighted by Crippen LogP contribution is -2.32. The number of benzene rings is 1. The SMILES string of the molecule is CC(CN)C(=O)NCc1cccc(C(=O)NC2CC2)c1.Cl. The highest BCUT2D eigenvalue weighted by Gasteiger charge is 2.23. The molecule has 116 valence electrons. The predicted molar refractivity (Wildman–Crippen MR) is 84.2 cm³/mol. The first kappa shape index (κ1) is 17.5. The molecule has 0 bridgehead atoms. The fourth-order valence-electron chi connectivity index (χ4n) is 1.79.